The molecule has 1 aliphatic heterocycles. The number of nitrogens with one attached hydrogen (secondary N) is 1. The number of urea groups is 1. The predicted octanol–water partition coefficient (Wildman–Crippen LogP) is 3.59. The first-order valence-corrected chi connectivity index (χ1v) is 9.10. The number of carbonyl (C=O) groups excluding carboxylic acids is 1. The number of hydrogen-bond donors (Lipinski definition) is 1. The standard InChI is InChI=1S/C20H32N2O2/c1-5-22(14-17-11-13-24-15-17)19(23)21-12-10-16-6-8-18(9-7-16)20(2,3)4/h6-9,17H,5,10-15H2,1-4H3,(H,21,23). The second-order valence-electron chi connectivity index (χ2n) is 7.70. The lowest BCUT2D eigenvalue weighted by Crippen LogP contribution is -2.43. The van der Waals surface area contributed by atoms with Crippen molar-refractivity contribution < 1.29 is 9.53 Å². The van der Waals surface area contributed by atoms with Crippen LogP contribution in [0.5, 0.6) is 0 Å². The number of nitrogens with zero attached hydrogens (tertiary/aromatic N) is 1. The molecule has 1 atom stereocenters. The van der Waals surface area contributed by atoms with Crippen LogP contribution >= 0.6 is 0 Å². The fourth-order valence-electron chi connectivity index (χ4n) is 2.99. The van der Waals surface area contributed by atoms with E-state index in [2.05, 4.69) is 50.4 Å². The molecule has 1 aromatic carbocycles. The topological polar surface area (TPSA) is 41.6 Å². The van der Waals surface area contributed by atoms with Crippen LogP contribution < -0.4 is 5.32 Å². The first-order valence-electron chi connectivity index (χ1n) is 9.10. The van der Waals surface area contributed by atoms with Gasteiger partial charge in [-0.2, -0.15) is 0 Å². The average molecular weight is 332 g/mol. The molecule has 0 saturated carbocycles. The molecule has 2 amide bonds. The van der Waals surface area contributed by atoms with Gasteiger partial charge in [-0.05, 0) is 36.3 Å². The monoisotopic (exact) mass is 332 g/mol. The van der Waals surface area contributed by atoms with E-state index in [1.165, 1.54) is 11.1 Å². The summed E-state index contributed by atoms with van der Waals surface area (Å²) >= 11 is 0. The lowest BCUT2D eigenvalue weighted by Gasteiger charge is -2.24. The highest BCUT2D eigenvalue weighted by atomic mass is 16.5. The molecule has 2 rings (SSSR count). The summed E-state index contributed by atoms with van der Waals surface area (Å²) in [6.45, 7) is 12.5. The maximum Gasteiger partial charge on any atom is 0.317 e. The van der Waals surface area contributed by atoms with Gasteiger partial charge < -0.3 is 15.0 Å². The van der Waals surface area contributed by atoms with Crippen LogP contribution in [0, 0.1) is 5.92 Å². The Bertz CT molecular complexity index is 513. The van der Waals surface area contributed by atoms with Crippen molar-refractivity contribution in [3.63, 3.8) is 0 Å². The minimum atomic E-state index is 0.0377. The molecule has 0 aliphatic carbocycles. The van der Waals surface area contributed by atoms with Crippen molar-refractivity contribution in [3.8, 4) is 0 Å². The molecule has 1 N–H and O–H groups in total. The van der Waals surface area contributed by atoms with Crippen LogP contribution in [-0.4, -0.2) is 43.8 Å². The van der Waals surface area contributed by atoms with Gasteiger partial charge in [0.2, 0.25) is 0 Å². The molecular weight excluding hydrogens is 300 g/mol. The zero-order valence-electron chi connectivity index (χ0n) is 15.6. The Morgan fingerprint density at radius 2 is 2.00 bits per heavy atom. The van der Waals surface area contributed by atoms with E-state index in [0.29, 0.717) is 12.5 Å². The minimum absolute atomic E-state index is 0.0377. The maximum absolute atomic E-state index is 12.3. The molecular formula is C20H32N2O2. The van der Waals surface area contributed by atoms with Gasteiger partial charge in [-0.25, -0.2) is 4.79 Å². The zero-order valence-corrected chi connectivity index (χ0v) is 15.6. The van der Waals surface area contributed by atoms with Crippen LogP contribution in [0.4, 0.5) is 4.79 Å². The molecule has 1 saturated heterocycles. The highest BCUT2D eigenvalue weighted by molar-refractivity contribution is 5.74. The molecule has 1 aromatic rings. The summed E-state index contributed by atoms with van der Waals surface area (Å²) in [4.78, 5) is 14.2. The molecule has 1 unspecified atom stereocenters. The van der Waals surface area contributed by atoms with Gasteiger partial charge in [0.15, 0.2) is 0 Å². The molecule has 0 aromatic heterocycles. The van der Waals surface area contributed by atoms with Crippen LogP contribution in [-0.2, 0) is 16.6 Å². The summed E-state index contributed by atoms with van der Waals surface area (Å²) in [6.07, 6.45) is 1.92. The Morgan fingerprint density at radius 3 is 2.54 bits per heavy atom. The van der Waals surface area contributed by atoms with Crippen LogP contribution in [0.25, 0.3) is 0 Å². The van der Waals surface area contributed by atoms with E-state index in [-0.39, 0.29) is 11.4 Å². The highest BCUT2D eigenvalue weighted by Crippen LogP contribution is 2.22. The lowest BCUT2D eigenvalue weighted by molar-refractivity contribution is 0.166. The number of benzene rings is 1. The van der Waals surface area contributed by atoms with Gasteiger partial charge in [-0.3, -0.25) is 0 Å². The molecule has 24 heavy (non-hydrogen) atoms. The van der Waals surface area contributed by atoms with Gasteiger partial charge in [0.05, 0.1) is 6.61 Å². The molecule has 4 nitrogen and oxygen atoms in total. The van der Waals surface area contributed by atoms with E-state index in [9.17, 15) is 4.79 Å². The van der Waals surface area contributed by atoms with E-state index >= 15 is 0 Å². The smallest absolute Gasteiger partial charge is 0.317 e. The van der Waals surface area contributed by atoms with Crippen LogP contribution in [0.1, 0.15) is 45.2 Å². The van der Waals surface area contributed by atoms with Crippen molar-refractivity contribution in [3.05, 3.63) is 35.4 Å². The molecule has 0 spiro atoms. The fraction of sp³-hybridized carbons (Fsp3) is 0.650. The largest absolute Gasteiger partial charge is 0.381 e. The Morgan fingerprint density at radius 1 is 1.29 bits per heavy atom. The Kier molecular flexibility index (Phi) is 6.67. The third kappa shape index (κ3) is 5.52. The van der Waals surface area contributed by atoms with E-state index in [4.69, 9.17) is 4.74 Å². The maximum atomic E-state index is 12.3. The first kappa shape index (κ1) is 18.8. The normalized spacial score (nSPS) is 17.8. The number of hydrogen-bond acceptors (Lipinski definition) is 2. The van der Waals surface area contributed by atoms with Gasteiger partial charge in [0.25, 0.3) is 0 Å². The van der Waals surface area contributed by atoms with Crippen molar-refractivity contribution in [2.24, 2.45) is 5.92 Å². The molecule has 0 radical (unpaired) electrons. The molecule has 1 heterocycles. The van der Waals surface area contributed by atoms with Crippen LogP contribution in [0.2, 0.25) is 0 Å². The van der Waals surface area contributed by atoms with E-state index in [0.717, 1.165) is 39.1 Å². The summed E-state index contributed by atoms with van der Waals surface area (Å²) in [6, 6.07) is 8.75. The lowest BCUT2D eigenvalue weighted by atomic mass is 9.86. The molecule has 1 aliphatic rings. The summed E-state index contributed by atoms with van der Waals surface area (Å²) < 4.78 is 5.40. The average Bonchev–Trinajstić information content (AvgIpc) is 3.05. The molecule has 1 fully saturated rings. The SMILES string of the molecule is CCN(CC1CCOC1)C(=O)NCCc1ccc(C(C)(C)C)cc1. The van der Waals surface area contributed by atoms with Gasteiger partial charge in [-0.15, -0.1) is 0 Å². The van der Waals surface area contributed by atoms with Gasteiger partial charge >= 0.3 is 6.03 Å². The second kappa shape index (κ2) is 8.52. The Labute approximate surface area is 146 Å². The van der Waals surface area contributed by atoms with E-state index < -0.39 is 0 Å². The second-order valence-corrected chi connectivity index (χ2v) is 7.70. The van der Waals surface area contributed by atoms with Crippen LogP contribution in [0.15, 0.2) is 24.3 Å². The molecule has 134 valence electrons. The Hall–Kier alpha value is -1.55. The summed E-state index contributed by atoms with van der Waals surface area (Å²) in [5.41, 5.74) is 2.78. The quantitative estimate of drug-likeness (QED) is 0.865. The van der Waals surface area contributed by atoms with Crippen LogP contribution in [0.3, 0.4) is 0 Å². The van der Waals surface area contributed by atoms with Crippen molar-refractivity contribution in [1.82, 2.24) is 10.2 Å². The van der Waals surface area contributed by atoms with Crippen molar-refractivity contribution in [1.29, 1.82) is 0 Å². The first-order chi connectivity index (χ1) is 11.4. The van der Waals surface area contributed by atoms with Crippen molar-refractivity contribution in [2.75, 3.05) is 32.8 Å². The Balaban J connectivity index is 1.76. The summed E-state index contributed by atoms with van der Waals surface area (Å²) in [5, 5.41) is 3.05. The van der Waals surface area contributed by atoms with E-state index in [1.54, 1.807) is 0 Å². The number of carbonyl (C=O) groups is 1. The van der Waals surface area contributed by atoms with Crippen molar-refractivity contribution in [2.45, 2.75) is 46.0 Å². The highest BCUT2D eigenvalue weighted by Gasteiger charge is 2.21. The summed E-state index contributed by atoms with van der Waals surface area (Å²) in [7, 11) is 0. The van der Waals surface area contributed by atoms with Crippen molar-refractivity contribution >= 4 is 6.03 Å². The number of ether oxygens (including phenoxy) is 1. The molecule has 0 bridgehead atoms. The zero-order chi connectivity index (χ0) is 17.6. The summed E-state index contributed by atoms with van der Waals surface area (Å²) in [5.74, 6) is 0.487. The number of rotatable bonds is 6. The third-order valence-corrected chi connectivity index (χ3v) is 4.68. The van der Waals surface area contributed by atoms with Gasteiger partial charge in [-0.1, -0.05) is 45.0 Å². The molecule has 4 heteroatoms. The minimum Gasteiger partial charge on any atom is -0.381 e. The van der Waals surface area contributed by atoms with E-state index in [1.807, 2.05) is 11.8 Å². The van der Waals surface area contributed by atoms with Gasteiger partial charge in [0.1, 0.15) is 0 Å². The number of amides is 2. The third-order valence-electron chi connectivity index (χ3n) is 4.68. The van der Waals surface area contributed by atoms with Gasteiger partial charge in [0, 0.05) is 32.2 Å². The predicted molar refractivity (Wildman–Crippen MR) is 98.4 cm³/mol. The fourth-order valence-corrected chi connectivity index (χ4v) is 2.99.